The van der Waals surface area contributed by atoms with Crippen molar-refractivity contribution in [2.24, 2.45) is 0 Å². The van der Waals surface area contributed by atoms with Crippen LogP contribution in [0.1, 0.15) is 32.7 Å². The van der Waals surface area contributed by atoms with E-state index in [4.69, 9.17) is 0 Å². The molecule has 4 amide bonds. The largest absolute Gasteiger partial charge is 0.338 e. The number of imide groups is 1. The number of carbonyl (C=O) groups excluding carboxylic acids is 3. The smallest absolute Gasteiger partial charge is 0.319 e. The topological polar surface area (TPSA) is 78.5 Å². The van der Waals surface area contributed by atoms with Crippen LogP contribution >= 0.6 is 15.9 Å². The molecule has 2 aromatic rings. The first-order chi connectivity index (χ1) is 12.5. The van der Waals surface area contributed by atoms with Gasteiger partial charge in [-0.15, -0.1) is 0 Å². The normalized spacial score (nSPS) is 12.9. The van der Waals surface area contributed by atoms with E-state index < -0.39 is 0 Å². The van der Waals surface area contributed by atoms with Crippen LogP contribution in [-0.2, 0) is 0 Å². The average molecular weight is 416 g/mol. The molecule has 7 heteroatoms. The maximum absolute atomic E-state index is 12.2. The monoisotopic (exact) mass is 415 g/mol. The number of halogens is 1. The van der Waals surface area contributed by atoms with Crippen molar-refractivity contribution in [2.45, 2.75) is 13.3 Å². The molecule has 0 fully saturated rings. The van der Waals surface area contributed by atoms with Crippen LogP contribution in [0.5, 0.6) is 0 Å². The first-order valence-electron chi connectivity index (χ1n) is 8.23. The Hall–Kier alpha value is -2.67. The molecule has 0 bridgehead atoms. The zero-order valence-corrected chi connectivity index (χ0v) is 15.8. The quantitative estimate of drug-likeness (QED) is 0.578. The van der Waals surface area contributed by atoms with Gasteiger partial charge in [0.15, 0.2) is 0 Å². The summed E-state index contributed by atoms with van der Waals surface area (Å²) in [7, 11) is 0. The lowest BCUT2D eigenvalue weighted by Crippen LogP contribution is -2.35. The number of nitrogens with zero attached hydrogens (tertiary/aromatic N) is 1. The third-order valence-electron chi connectivity index (χ3n) is 4.10. The molecule has 1 aliphatic rings. The fourth-order valence-electron chi connectivity index (χ4n) is 2.77. The van der Waals surface area contributed by atoms with E-state index in [1.54, 1.807) is 24.3 Å². The predicted octanol–water partition coefficient (Wildman–Crippen LogP) is 3.57. The van der Waals surface area contributed by atoms with E-state index in [1.807, 2.05) is 25.1 Å². The Balaban J connectivity index is 1.47. The molecule has 2 aromatic carbocycles. The summed E-state index contributed by atoms with van der Waals surface area (Å²) in [5.74, 6) is -0.558. The van der Waals surface area contributed by atoms with Crippen molar-refractivity contribution in [3.63, 3.8) is 0 Å². The standard InChI is InChI=1S/C19H18BrN3O3/c1-12-7-8-16(15(20)11-12)22-19(26)21-9-4-10-23-17(24)13-5-2-3-6-14(13)18(23)25/h2-3,5-8,11H,4,9-10H2,1H3,(H2,21,22,26). The molecule has 0 radical (unpaired) electrons. The number of anilines is 1. The number of amides is 4. The average Bonchev–Trinajstić information content (AvgIpc) is 2.86. The van der Waals surface area contributed by atoms with Crippen LogP contribution in [0.25, 0.3) is 0 Å². The van der Waals surface area contributed by atoms with Crippen molar-refractivity contribution in [3.05, 3.63) is 63.6 Å². The van der Waals surface area contributed by atoms with Crippen molar-refractivity contribution < 1.29 is 14.4 Å². The van der Waals surface area contributed by atoms with E-state index in [0.717, 1.165) is 10.0 Å². The zero-order chi connectivity index (χ0) is 18.7. The fourth-order valence-corrected chi connectivity index (χ4v) is 3.36. The maximum atomic E-state index is 12.2. The van der Waals surface area contributed by atoms with Gasteiger partial charge in [-0.25, -0.2) is 4.79 Å². The molecule has 0 atom stereocenters. The molecule has 1 heterocycles. The number of hydrogen-bond donors (Lipinski definition) is 2. The molecule has 0 saturated heterocycles. The summed E-state index contributed by atoms with van der Waals surface area (Å²) in [5.41, 5.74) is 2.64. The Morgan fingerprint density at radius 3 is 2.35 bits per heavy atom. The highest BCUT2D eigenvalue weighted by Gasteiger charge is 2.34. The summed E-state index contributed by atoms with van der Waals surface area (Å²) in [6.07, 6.45) is 0.480. The van der Waals surface area contributed by atoms with E-state index in [9.17, 15) is 14.4 Å². The lowest BCUT2D eigenvalue weighted by molar-refractivity contribution is 0.0653. The second kappa shape index (κ2) is 7.70. The Kier molecular flexibility index (Phi) is 5.37. The number of aryl methyl sites for hydroxylation is 1. The highest BCUT2D eigenvalue weighted by Crippen LogP contribution is 2.23. The van der Waals surface area contributed by atoms with E-state index >= 15 is 0 Å². The first kappa shape index (κ1) is 18.1. The molecular weight excluding hydrogens is 398 g/mol. The molecule has 0 saturated carbocycles. The summed E-state index contributed by atoms with van der Waals surface area (Å²) in [5, 5.41) is 5.48. The molecule has 0 aromatic heterocycles. The number of urea groups is 1. The molecule has 6 nitrogen and oxygen atoms in total. The summed E-state index contributed by atoms with van der Waals surface area (Å²) in [6, 6.07) is 12.1. The molecule has 2 N–H and O–H groups in total. The lowest BCUT2D eigenvalue weighted by Gasteiger charge is -2.14. The van der Waals surface area contributed by atoms with Crippen LogP contribution in [0, 0.1) is 6.92 Å². The van der Waals surface area contributed by atoms with Gasteiger partial charge in [-0.2, -0.15) is 0 Å². The maximum Gasteiger partial charge on any atom is 0.319 e. The van der Waals surface area contributed by atoms with Gasteiger partial charge >= 0.3 is 6.03 Å². The van der Waals surface area contributed by atoms with Gasteiger partial charge in [0, 0.05) is 17.6 Å². The van der Waals surface area contributed by atoms with Crippen LogP contribution < -0.4 is 10.6 Å². The van der Waals surface area contributed by atoms with Crippen molar-refractivity contribution >= 4 is 39.5 Å². The Bertz CT molecular complexity index is 847. The van der Waals surface area contributed by atoms with Gasteiger partial charge in [0.1, 0.15) is 0 Å². The highest BCUT2D eigenvalue weighted by molar-refractivity contribution is 9.10. The minimum absolute atomic E-state index is 0.265. The number of fused-ring (bicyclic) bond motifs is 1. The zero-order valence-electron chi connectivity index (χ0n) is 14.2. The van der Waals surface area contributed by atoms with Gasteiger partial charge in [-0.1, -0.05) is 18.2 Å². The van der Waals surface area contributed by atoms with Gasteiger partial charge in [-0.05, 0) is 59.1 Å². The van der Waals surface area contributed by atoms with Crippen molar-refractivity contribution in [1.29, 1.82) is 0 Å². The number of carbonyl (C=O) groups is 3. The molecule has 0 unspecified atom stereocenters. The Morgan fingerprint density at radius 1 is 1.08 bits per heavy atom. The van der Waals surface area contributed by atoms with Crippen molar-refractivity contribution in [3.8, 4) is 0 Å². The molecule has 3 rings (SSSR count). The van der Waals surface area contributed by atoms with Gasteiger partial charge in [-0.3, -0.25) is 14.5 Å². The first-order valence-corrected chi connectivity index (χ1v) is 9.03. The van der Waals surface area contributed by atoms with Crippen LogP contribution in [0.4, 0.5) is 10.5 Å². The van der Waals surface area contributed by atoms with Crippen LogP contribution in [0.3, 0.4) is 0 Å². The fraction of sp³-hybridized carbons (Fsp3) is 0.211. The second-order valence-electron chi connectivity index (χ2n) is 6.03. The van der Waals surface area contributed by atoms with Crippen molar-refractivity contribution in [1.82, 2.24) is 10.2 Å². The Labute approximate surface area is 159 Å². The van der Waals surface area contributed by atoms with Gasteiger partial charge < -0.3 is 10.6 Å². The summed E-state index contributed by atoms with van der Waals surface area (Å²) in [4.78, 5) is 37.7. The third-order valence-corrected chi connectivity index (χ3v) is 4.75. The summed E-state index contributed by atoms with van der Waals surface area (Å²) < 4.78 is 0.804. The molecule has 0 aliphatic carbocycles. The summed E-state index contributed by atoms with van der Waals surface area (Å²) in [6.45, 7) is 2.58. The number of nitrogens with one attached hydrogen (secondary N) is 2. The van der Waals surface area contributed by atoms with E-state index in [0.29, 0.717) is 29.8 Å². The van der Waals surface area contributed by atoms with Crippen molar-refractivity contribution in [2.75, 3.05) is 18.4 Å². The lowest BCUT2D eigenvalue weighted by atomic mass is 10.1. The van der Waals surface area contributed by atoms with Crippen LogP contribution in [0.15, 0.2) is 46.9 Å². The number of benzene rings is 2. The predicted molar refractivity (Wildman–Crippen MR) is 102 cm³/mol. The van der Waals surface area contributed by atoms with Gasteiger partial charge in [0.05, 0.1) is 16.8 Å². The number of hydrogen-bond acceptors (Lipinski definition) is 3. The van der Waals surface area contributed by atoms with Crippen LogP contribution in [-0.4, -0.2) is 35.8 Å². The molecule has 134 valence electrons. The van der Waals surface area contributed by atoms with Crippen LogP contribution in [0.2, 0.25) is 0 Å². The molecule has 1 aliphatic heterocycles. The SMILES string of the molecule is Cc1ccc(NC(=O)NCCCN2C(=O)c3ccccc3C2=O)c(Br)c1. The second-order valence-corrected chi connectivity index (χ2v) is 6.88. The molecule has 26 heavy (non-hydrogen) atoms. The van der Waals surface area contributed by atoms with E-state index in [-0.39, 0.29) is 24.4 Å². The summed E-state index contributed by atoms with van der Waals surface area (Å²) >= 11 is 3.41. The molecule has 0 spiro atoms. The Morgan fingerprint density at radius 2 is 1.73 bits per heavy atom. The van der Waals surface area contributed by atoms with Gasteiger partial charge in [0.2, 0.25) is 0 Å². The third kappa shape index (κ3) is 3.77. The van der Waals surface area contributed by atoms with E-state index in [1.165, 1.54) is 4.90 Å². The van der Waals surface area contributed by atoms with Gasteiger partial charge in [0.25, 0.3) is 11.8 Å². The highest BCUT2D eigenvalue weighted by atomic mass is 79.9. The number of rotatable bonds is 5. The van der Waals surface area contributed by atoms with E-state index in [2.05, 4.69) is 26.6 Å². The minimum atomic E-state index is -0.336. The minimum Gasteiger partial charge on any atom is -0.338 e. The molecular formula is C19H18BrN3O3.